The third-order valence-corrected chi connectivity index (χ3v) is 1.96. The lowest BCUT2D eigenvalue weighted by Gasteiger charge is -2.29. The summed E-state index contributed by atoms with van der Waals surface area (Å²) in [6, 6.07) is 0. The van der Waals surface area contributed by atoms with E-state index in [0.717, 1.165) is 13.0 Å². The van der Waals surface area contributed by atoms with Gasteiger partial charge in [-0.1, -0.05) is 6.58 Å². The van der Waals surface area contributed by atoms with E-state index in [-0.39, 0.29) is 5.66 Å². The molecule has 1 heterocycles. The van der Waals surface area contributed by atoms with Gasteiger partial charge < -0.3 is 10.6 Å². The van der Waals surface area contributed by atoms with E-state index in [0.29, 0.717) is 0 Å². The molecule has 52 valence electrons. The van der Waals surface area contributed by atoms with Crippen LogP contribution < -0.4 is 5.73 Å². The van der Waals surface area contributed by atoms with Crippen molar-refractivity contribution in [1.82, 2.24) is 4.90 Å². The van der Waals surface area contributed by atoms with Gasteiger partial charge in [0.25, 0.3) is 0 Å². The molecule has 0 aromatic heterocycles. The van der Waals surface area contributed by atoms with Gasteiger partial charge in [-0.25, -0.2) is 0 Å². The Bertz CT molecular complexity index is 118. The summed E-state index contributed by atoms with van der Waals surface area (Å²) in [5.74, 6) is 0. The van der Waals surface area contributed by atoms with E-state index in [4.69, 9.17) is 5.73 Å². The maximum Gasteiger partial charge on any atom is 0.0849 e. The normalized spacial score (nSPS) is 35.1. The summed E-state index contributed by atoms with van der Waals surface area (Å²) in [5.41, 5.74) is 5.76. The van der Waals surface area contributed by atoms with E-state index >= 15 is 0 Å². The van der Waals surface area contributed by atoms with Crippen LogP contribution in [0.15, 0.2) is 12.8 Å². The van der Waals surface area contributed by atoms with Crippen LogP contribution in [0.1, 0.15) is 19.8 Å². The molecule has 0 aliphatic carbocycles. The third-order valence-electron chi connectivity index (χ3n) is 1.96. The minimum absolute atomic E-state index is 0.123. The molecular formula is C7H14N2. The Hall–Kier alpha value is -0.500. The molecule has 1 saturated heterocycles. The fraction of sp³-hybridized carbons (Fsp3) is 0.714. The zero-order valence-electron chi connectivity index (χ0n) is 5.93. The first-order chi connectivity index (χ1) is 4.17. The van der Waals surface area contributed by atoms with E-state index in [2.05, 4.69) is 11.5 Å². The first kappa shape index (κ1) is 6.62. The highest BCUT2D eigenvalue weighted by Gasteiger charge is 2.29. The third kappa shape index (κ3) is 1.08. The summed E-state index contributed by atoms with van der Waals surface area (Å²) in [4.78, 5) is 2.09. The summed E-state index contributed by atoms with van der Waals surface area (Å²) in [6.07, 6.45) is 4.10. The van der Waals surface area contributed by atoms with Crippen molar-refractivity contribution in [3.05, 3.63) is 12.8 Å². The van der Waals surface area contributed by atoms with Crippen LogP contribution in [0.2, 0.25) is 0 Å². The Morgan fingerprint density at radius 2 is 2.44 bits per heavy atom. The SMILES string of the molecule is C=CN1CCCC1(C)N. The van der Waals surface area contributed by atoms with Gasteiger partial charge in [0.1, 0.15) is 0 Å². The van der Waals surface area contributed by atoms with E-state index in [1.54, 1.807) is 0 Å². The Balaban J connectivity index is 2.62. The summed E-state index contributed by atoms with van der Waals surface area (Å²) < 4.78 is 0. The van der Waals surface area contributed by atoms with Crippen LogP contribution in [-0.2, 0) is 0 Å². The second-order valence-electron chi connectivity index (χ2n) is 2.84. The molecule has 1 unspecified atom stereocenters. The molecule has 0 amide bonds. The quantitative estimate of drug-likeness (QED) is 0.565. The minimum Gasteiger partial charge on any atom is -0.361 e. The highest BCUT2D eigenvalue weighted by Crippen LogP contribution is 2.22. The van der Waals surface area contributed by atoms with Crippen LogP contribution >= 0.6 is 0 Å². The summed E-state index contributed by atoms with van der Waals surface area (Å²) in [5, 5.41) is 0. The number of nitrogens with two attached hydrogens (primary N) is 1. The van der Waals surface area contributed by atoms with Crippen LogP contribution in [0.4, 0.5) is 0 Å². The largest absolute Gasteiger partial charge is 0.361 e. The van der Waals surface area contributed by atoms with Crippen molar-refractivity contribution in [3.8, 4) is 0 Å². The summed E-state index contributed by atoms with van der Waals surface area (Å²) in [6.45, 7) is 6.79. The zero-order chi connectivity index (χ0) is 6.91. The first-order valence-corrected chi connectivity index (χ1v) is 3.35. The van der Waals surface area contributed by atoms with Gasteiger partial charge in [0.2, 0.25) is 0 Å². The monoisotopic (exact) mass is 126 g/mol. The molecule has 0 bridgehead atoms. The second-order valence-corrected chi connectivity index (χ2v) is 2.84. The lowest BCUT2D eigenvalue weighted by molar-refractivity contribution is 0.234. The van der Waals surface area contributed by atoms with Crippen molar-refractivity contribution in [2.75, 3.05) is 6.54 Å². The number of nitrogens with zero attached hydrogens (tertiary/aromatic N) is 1. The van der Waals surface area contributed by atoms with Gasteiger partial charge in [0.05, 0.1) is 5.66 Å². The molecule has 1 atom stereocenters. The average molecular weight is 126 g/mol. The number of rotatable bonds is 1. The summed E-state index contributed by atoms with van der Waals surface area (Å²) in [7, 11) is 0. The summed E-state index contributed by atoms with van der Waals surface area (Å²) >= 11 is 0. The molecule has 1 rings (SSSR count). The smallest absolute Gasteiger partial charge is 0.0849 e. The minimum atomic E-state index is -0.123. The highest BCUT2D eigenvalue weighted by molar-refractivity contribution is 4.91. The van der Waals surface area contributed by atoms with E-state index < -0.39 is 0 Å². The lowest BCUT2D eigenvalue weighted by atomic mass is 10.1. The van der Waals surface area contributed by atoms with E-state index in [1.165, 1.54) is 6.42 Å². The molecular weight excluding hydrogens is 112 g/mol. The molecule has 0 radical (unpaired) electrons. The fourth-order valence-electron chi connectivity index (χ4n) is 1.31. The van der Waals surface area contributed by atoms with Crippen LogP contribution in [0.5, 0.6) is 0 Å². The molecule has 0 saturated carbocycles. The van der Waals surface area contributed by atoms with Gasteiger partial charge in [-0.15, -0.1) is 0 Å². The average Bonchev–Trinajstić information content (AvgIpc) is 2.08. The maximum atomic E-state index is 5.89. The Labute approximate surface area is 56.3 Å². The molecule has 0 aromatic carbocycles. The van der Waals surface area contributed by atoms with Crippen molar-refractivity contribution in [2.24, 2.45) is 5.73 Å². The van der Waals surface area contributed by atoms with Gasteiger partial charge in [0, 0.05) is 6.54 Å². The molecule has 9 heavy (non-hydrogen) atoms. The Morgan fingerprint density at radius 3 is 2.67 bits per heavy atom. The van der Waals surface area contributed by atoms with Crippen LogP contribution in [0, 0.1) is 0 Å². The lowest BCUT2D eigenvalue weighted by Crippen LogP contribution is -2.45. The van der Waals surface area contributed by atoms with Crippen LogP contribution in [0.3, 0.4) is 0 Å². The zero-order valence-corrected chi connectivity index (χ0v) is 5.93. The van der Waals surface area contributed by atoms with Crippen LogP contribution in [-0.4, -0.2) is 17.1 Å². The van der Waals surface area contributed by atoms with E-state index in [9.17, 15) is 0 Å². The number of hydrogen-bond acceptors (Lipinski definition) is 2. The second kappa shape index (κ2) is 2.03. The van der Waals surface area contributed by atoms with Crippen molar-refractivity contribution in [2.45, 2.75) is 25.4 Å². The predicted molar refractivity (Wildman–Crippen MR) is 38.7 cm³/mol. The van der Waals surface area contributed by atoms with Crippen LogP contribution in [0.25, 0.3) is 0 Å². The molecule has 1 fully saturated rings. The molecule has 2 heteroatoms. The van der Waals surface area contributed by atoms with Crippen molar-refractivity contribution < 1.29 is 0 Å². The van der Waals surface area contributed by atoms with Crippen molar-refractivity contribution >= 4 is 0 Å². The van der Waals surface area contributed by atoms with Gasteiger partial charge in [0.15, 0.2) is 0 Å². The molecule has 2 N–H and O–H groups in total. The van der Waals surface area contributed by atoms with E-state index in [1.807, 2.05) is 13.1 Å². The van der Waals surface area contributed by atoms with Crippen molar-refractivity contribution in [3.63, 3.8) is 0 Å². The Kier molecular flexibility index (Phi) is 1.49. The number of hydrogen-bond donors (Lipinski definition) is 1. The van der Waals surface area contributed by atoms with Gasteiger partial charge >= 0.3 is 0 Å². The molecule has 0 spiro atoms. The highest BCUT2D eigenvalue weighted by atomic mass is 15.3. The first-order valence-electron chi connectivity index (χ1n) is 3.35. The van der Waals surface area contributed by atoms with Crippen molar-refractivity contribution in [1.29, 1.82) is 0 Å². The Morgan fingerprint density at radius 1 is 1.78 bits per heavy atom. The molecule has 0 aromatic rings. The topological polar surface area (TPSA) is 29.3 Å². The number of likely N-dealkylation sites (tertiary alicyclic amines) is 1. The predicted octanol–water partition coefficient (Wildman–Crippen LogP) is 0.901. The molecule has 1 aliphatic rings. The van der Waals surface area contributed by atoms with Gasteiger partial charge in [-0.3, -0.25) is 0 Å². The molecule has 1 aliphatic heterocycles. The van der Waals surface area contributed by atoms with Gasteiger partial charge in [-0.05, 0) is 26.0 Å². The standard InChI is InChI=1S/C7H14N2/c1-3-9-6-4-5-7(9,2)8/h3H,1,4-6,8H2,2H3. The molecule has 2 nitrogen and oxygen atoms in total. The van der Waals surface area contributed by atoms with Gasteiger partial charge in [-0.2, -0.15) is 0 Å². The maximum absolute atomic E-state index is 5.89. The fourth-order valence-corrected chi connectivity index (χ4v) is 1.31.